The summed E-state index contributed by atoms with van der Waals surface area (Å²) in [5.74, 6) is -0.419. The molecule has 0 radical (unpaired) electrons. The second-order valence-electron chi connectivity index (χ2n) is 5.83. The molecule has 1 aliphatic rings. The smallest absolute Gasteiger partial charge is 0.239 e. The molecule has 8 nitrogen and oxygen atoms in total. The van der Waals surface area contributed by atoms with Crippen molar-refractivity contribution in [2.24, 2.45) is 12.1 Å². The van der Waals surface area contributed by atoms with Crippen LogP contribution in [-0.2, 0) is 18.4 Å². The highest BCUT2D eigenvalue weighted by Gasteiger charge is 2.20. The molecule has 128 valence electrons. The molecule has 1 aliphatic heterocycles. The lowest BCUT2D eigenvalue weighted by molar-refractivity contribution is -0.113. The lowest BCUT2D eigenvalue weighted by Crippen LogP contribution is -2.14. The van der Waals surface area contributed by atoms with Gasteiger partial charge in [0.1, 0.15) is 5.88 Å². The highest BCUT2D eigenvalue weighted by molar-refractivity contribution is 6.29. The Bertz CT molecular complexity index is 1010. The molecular formula is C16H15ClN6O2. The molecule has 3 aromatic rings. The molecular weight excluding hydrogens is 344 g/mol. The number of H-pyrrole nitrogens is 1. The molecule has 2 aromatic heterocycles. The van der Waals surface area contributed by atoms with E-state index in [-0.39, 0.29) is 18.3 Å². The topological polar surface area (TPSA) is 98.5 Å². The lowest BCUT2D eigenvalue weighted by atomic mass is 10.0. The van der Waals surface area contributed by atoms with Crippen LogP contribution in [0.3, 0.4) is 0 Å². The number of aryl methyl sites for hydroxylation is 1. The summed E-state index contributed by atoms with van der Waals surface area (Å²) >= 11 is 5.57. The van der Waals surface area contributed by atoms with Gasteiger partial charge in [-0.2, -0.15) is 15.4 Å². The summed E-state index contributed by atoms with van der Waals surface area (Å²) < 4.78 is 1.72. The third-order valence-corrected chi connectivity index (χ3v) is 4.29. The van der Waals surface area contributed by atoms with Gasteiger partial charge in [-0.3, -0.25) is 14.7 Å². The van der Waals surface area contributed by atoms with Crippen LogP contribution in [0.5, 0.6) is 0 Å². The van der Waals surface area contributed by atoms with Crippen LogP contribution in [0.4, 0.5) is 5.69 Å². The van der Waals surface area contributed by atoms with Crippen molar-refractivity contribution in [2.75, 3.05) is 11.2 Å². The Kier molecular flexibility index (Phi) is 3.70. The summed E-state index contributed by atoms with van der Waals surface area (Å²) in [7, 11) is 1.85. The van der Waals surface area contributed by atoms with E-state index in [4.69, 9.17) is 11.6 Å². The standard InChI is InChI=1S/C16H15ClN6O2/c1-22-7-10(5-18-22)16-12-6-19-23(25)8-9-2-11(20-14(24)4-17)3-13(21-16)15(9)12/h2-3,5-7,21,25H,4,8H2,1H3,(H,20,24). The molecule has 3 heterocycles. The highest BCUT2D eigenvalue weighted by atomic mass is 35.5. The van der Waals surface area contributed by atoms with E-state index in [2.05, 4.69) is 20.5 Å². The van der Waals surface area contributed by atoms with Crippen molar-refractivity contribution in [3.05, 3.63) is 35.7 Å². The number of alkyl halides is 1. The molecule has 0 spiro atoms. The van der Waals surface area contributed by atoms with Gasteiger partial charge in [0.15, 0.2) is 0 Å². The predicted octanol–water partition coefficient (Wildman–Crippen LogP) is 2.28. The first-order valence-electron chi connectivity index (χ1n) is 7.59. The van der Waals surface area contributed by atoms with Crippen molar-refractivity contribution < 1.29 is 10.0 Å². The highest BCUT2D eigenvalue weighted by Crippen LogP contribution is 2.35. The maximum atomic E-state index is 11.6. The van der Waals surface area contributed by atoms with E-state index < -0.39 is 0 Å². The molecule has 1 amide bonds. The van der Waals surface area contributed by atoms with Crippen molar-refractivity contribution in [1.29, 1.82) is 0 Å². The Morgan fingerprint density at radius 3 is 3.04 bits per heavy atom. The number of anilines is 1. The third kappa shape index (κ3) is 2.75. The predicted molar refractivity (Wildman–Crippen MR) is 94.8 cm³/mol. The molecule has 1 aromatic carbocycles. The largest absolute Gasteiger partial charge is 0.354 e. The number of halogens is 1. The number of amides is 1. The van der Waals surface area contributed by atoms with Crippen LogP contribution in [0.15, 0.2) is 29.6 Å². The summed E-state index contributed by atoms with van der Waals surface area (Å²) in [5, 5.41) is 22.7. The van der Waals surface area contributed by atoms with Crippen LogP contribution in [-0.4, -0.2) is 43.1 Å². The Balaban J connectivity index is 1.94. The Morgan fingerprint density at radius 1 is 1.48 bits per heavy atom. The fourth-order valence-electron chi connectivity index (χ4n) is 3.06. The van der Waals surface area contributed by atoms with Crippen LogP contribution in [0.1, 0.15) is 11.1 Å². The minimum Gasteiger partial charge on any atom is -0.354 e. The van der Waals surface area contributed by atoms with Crippen LogP contribution in [0.2, 0.25) is 0 Å². The fourth-order valence-corrected chi connectivity index (χ4v) is 3.13. The van der Waals surface area contributed by atoms with Gasteiger partial charge in [-0.05, 0) is 17.7 Å². The van der Waals surface area contributed by atoms with Gasteiger partial charge < -0.3 is 10.3 Å². The van der Waals surface area contributed by atoms with Gasteiger partial charge in [-0.15, -0.1) is 11.6 Å². The molecule has 0 saturated carbocycles. The summed E-state index contributed by atoms with van der Waals surface area (Å²) in [6, 6.07) is 3.66. The number of aromatic nitrogens is 3. The number of carbonyl (C=O) groups excluding carboxylic acids is 1. The van der Waals surface area contributed by atoms with E-state index in [0.29, 0.717) is 5.69 Å². The quantitative estimate of drug-likeness (QED) is 0.625. The van der Waals surface area contributed by atoms with Crippen molar-refractivity contribution >= 4 is 40.3 Å². The zero-order valence-electron chi connectivity index (χ0n) is 13.3. The Hall–Kier alpha value is -2.84. The first-order chi connectivity index (χ1) is 12.0. The van der Waals surface area contributed by atoms with E-state index in [9.17, 15) is 10.0 Å². The lowest BCUT2D eigenvalue weighted by Gasteiger charge is -2.11. The average molecular weight is 359 g/mol. The van der Waals surface area contributed by atoms with Gasteiger partial charge in [-0.25, -0.2) is 0 Å². The molecule has 0 unspecified atom stereocenters. The van der Waals surface area contributed by atoms with Crippen LogP contribution >= 0.6 is 11.6 Å². The monoisotopic (exact) mass is 358 g/mol. The number of rotatable bonds is 3. The molecule has 0 aliphatic carbocycles. The van der Waals surface area contributed by atoms with E-state index >= 15 is 0 Å². The van der Waals surface area contributed by atoms with E-state index in [1.54, 1.807) is 17.1 Å². The second-order valence-corrected chi connectivity index (χ2v) is 6.10. The number of nitrogens with zero attached hydrogens (tertiary/aromatic N) is 4. The van der Waals surface area contributed by atoms with Crippen molar-refractivity contribution in [3.8, 4) is 11.3 Å². The summed E-state index contributed by atoms with van der Waals surface area (Å²) in [5.41, 5.74) is 4.90. The summed E-state index contributed by atoms with van der Waals surface area (Å²) in [4.78, 5) is 15.0. The second kappa shape index (κ2) is 5.91. The maximum absolute atomic E-state index is 11.6. The number of hydrogen-bond donors (Lipinski definition) is 3. The maximum Gasteiger partial charge on any atom is 0.239 e. The van der Waals surface area contributed by atoms with Gasteiger partial charge in [0, 0.05) is 41.0 Å². The molecule has 3 N–H and O–H groups in total. The number of benzene rings is 1. The van der Waals surface area contributed by atoms with Gasteiger partial charge >= 0.3 is 0 Å². The first kappa shape index (κ1) is 15.7. The van der Waals surface area contributed by atoms with Crippen LogP contribution in [0.25, 0.3) is 22.2 Å². The van der Waals surface area contributed by atoms with Crippen molar-refractivity contribution in [3.63, 3.8) is 0 Å². The van der Waals surface area contributed by atoms with Gasteiger partial charge in [0.25, 0.3) is 0 Å². The SMILES string of the molecule is Cn1cc(-c2[nH]c3cc(NC(=O)CCl)cc4c3c2C=NN(O)C4)cn1. The molecule has 0 saturated heterocycles. The zero-order chi connectivity index (χ0) is 17.6. The molecule has 0 bridgehead atoms. The van der Waals surface area contributed by atoms with Gasteiger partial charge in [0.2, 0.25) is 5.91 Å². The average Bonchev–Trinajstić information content (AvgIpc) is 3.11. The number of hydrogen-bond acceptors (Lipinski definition) is 5. The number of carbonyl (C=O) groups is 1. The van der Waals surface area contributed by atoms with E-state index in [1.165, 1.54) is 0 Å². The van der Waals surface area contributed by atoms with Gasteiger partial charge in [0.05, 0.1) is 24.7 Å². The summed E-state index contributed by atoms with van der Waals surface area (Å²) in [6.07, 6.45) is 5.27. The number of nitrogens with one attached hydrogen (secondary N) is 2. The minimum absolute atomic E-state index is 0.125. The fraction of sp³-hybridized carbons (Fsp3) is 0.188. The third-order valence-electron chi connectivity index (χ3n) is 4.05. The van der Waals surface area contributed by atoms with Crippen LogP contribution in [0, 0.1) is 0 Å². The number of hydrazone groups is 1. The molecule has 0 fully saturated rings. The molecule has 0 atom stereocenters. The van der Waals surface area contributed by atoms with E-state index in [0.717, 1.165) is 38.5 Å². The number of aromatic amines is 1. The van der Waals surface area contributed by atoms with E-state index in [1.807, 2.05) is 25.4 Å². The normalized spacial score (nSPS) is 13.3. The van der Waals surface area contributed by atoms with Crippen LogP contribution < -0.4 is 5.32 Å². The summed E-state index contributed by atoms with van der Waals surface area (Å²) in [6.45, 7) is 0.203. The zero-order valence-corrected chi connectivity index (χ0v) is 14.1. The first-order valence-corrected chi connectivity index (χ1v) is 8.12. The van der Waals surface area contributed by atoms with Crippen molar-refractivity contribution in [2.45, 2.75) is 6.54 Å². The Morgan fingerprint density at radius 2 is 2.32 bits per heavy atom. The Labute approximate surface area is 147 Å². The molecule has 4 rings (SSSR count). The number of hydroxylamine groups is 1. The molecule has 25 heavy (non-hydrogen) atoms. The van der Waals surface area contributed by atoms with Gasteiger partial charge in [-0.1, -0.05) is 0 Å². The van der Waals surface area contributed by atoms with Crippen molar-refractivity contribution in [1.82, 2.24) is 19.9 Å². The minimum atomic E-state index is -0.293. The molecule has 9 heteroatoms.